The van der Waals surface area contributed by atoms with Gasteiger partial charge in [-0.1, -0.05) is 24.3 Å². The fraction of sp³-hybridized carbons (Fsp3) is 0.100. The van der Waals surface area contributed by atoms with Gasteiger partial charge in [0.1, 0.15) is 0 Å². The molecule has 0 saturated heterocycles. The first-order valence-corrected chi connectivity index (χ1v) is 8.03. The van der Waals surface area contributed by atoms with E-state index >= 15 is 0 Å². The second kappa shape index (κ2) is 7.45. The monoisotopic (exact) mass is 343 g/mol. The molecular weight excluding hydrogens is 326 g/mol. The first-order chi connectivity index (χ1) is 12.6. The molecule has 0 bridgehead atoms. The third-order valence-corrected chi connectivity index (χ3v) is 3.88. The second-order valence-electron chi connectivity index (χ2n) is 5.83. The normalized spacial score (nSPS) is 10.0. The van der Waals surface area contributed by atoms with E-state index in [1.54, 1.807) is 24.3 Å². The number of nitrogens with one attached hydrogen (secondary N) is 2. The number of rotatable bonds is 4. The Balaban J connectivity index is 1.73. The summed E-state index contributed by atoms with van der Waals surface area (Å²) in [6.07, 6.45) is 2.93. The minimum atomic E-state index is -0.335. The molecule has 1 amide bonds. The van der Waals surface area contributed by atoms with Gasteiger partial charge < -0.3 is 10.6 Å². The summed E-state index contributed by atoms with van der Waals surface area (Å²) in [6, 6.07) is 14.7. The van der Waals surface area contributed by atoms with Gasteiger partial charge in [0.05, 0.1) is 17.2 Å². The van der Waals surface area contributed by atoms with E-state index in [9.17, 15) is 4.79 Å². The van der Waals surface area contributed by atoms with Crippen molar-refractivity contribution in [2.45, 2.75) is 13.8 Å². The highest BCUT2D eigenvalue weighted by Crippen LogP contribution is 2.22. The number of anilines is 3. The van der Waals surface area contributed by atoms with Crippen molar-refractivity contribution < 1.29 is 4.79 Å². The number of nitriles is 1. The van der Waals surface area contributed by atoms with E-state index in [1.165, 1.54) is 12.4 Å². The van der Waals surface area contributed by atoms with E-state index in [1.807, 2.05) is 38.1 Å². The zero-order valence-electron chi connectivity index (χ0n) is 14.4. The maximum atomic E-state index is 12.3. The van der Waals surface area contributed by atoms with E-state index in [0.29, 0.717) is 22.8 Å². The Hall–Kier alpha value is -3.72. The average Bonchev–Trinajstić information content (AvgIpc) is 2.65. The number of nitrogens with zero attached hydrogens (tertiary/aromatic N) is 3. The highest BCUT2D eigenvalue weighted by atomic mass is 16.1. The summed E-state index contributed by atoms with van der Waals surface area (Å²) < 4.78 is 0. The van der Waals surface area contributed by atoms with Crippen molar-refractivity contribution in [1.29, 1.82) is 5.26 Å². The van der Waals surface area contributed by atoms with Crippen LogP contribution in [0, 0.1) is 25.2 Å². The van der Waals surface area contributed by atoms with Gasteiger partial charge in [0.25, 0.3) is 5.91 Å². The van der Waals surface area contributed by atoms with Gasteiger partial charge in [-0.25, -0.2) is 9.97 Å². The predicted molar refractivity (Wildman–Crippen MR) is 100 cm³/mol. The average molecular weight is 343 g/mol. The van der Waals surface area contributed by atoms with Crippen LogP contribution in [0.5, 0.6) is 0 Å². The molecule has 0 radical (unpaired) electrons. The van der Waals surface area contributed by atoms with Crippen LogP contribution in [0.2, 0.25) is 0 Å². The first kappa shape index (κ1) is 17.1. The Labute approximate surface area is 151 Å². The molecule has 0 unspecified atom stereocenters. The van der Waals surface area contributed by atoms with E-state index in [-0.39, 0.29) is 5.91 Å². The number of hydrogen-bond donors (Lipinski definition) is 2. The molecular formula is C20H17N5O. The van der Waals surface area contributed by atoms with Gasteiger partial charge >= 0.3 is 0 Å². The lowest BCUT2D eigenvalue weighted by atomic mass is 10.1. The largest absolute Gasteiger partial charge is 0.324 e. The Morgan fingerprint density at radius 2 is 1.69 bits per heavy atom. The molecule has 3 aromatic rings. The van der Waals surface area contributed by atoms with Gasteiger partial charge in [-0.2, -0.15) is 5.26 Å². The molecule has 0 fully saturated rings. The summed E-state index contributed by atoms with van der Waals surface area (Å²) in [5.41, 5.74) is 4.50. The zero-order chi connectivity index (χ0) is 18.5. The molecule has 0 aliphatic carbocycles. The van der Waals surface area contributed by atoms with Crippen LogP contribution in [0.25, 0.3) is 0 Å². The molecule has 1 heterocycles. The second-order valence-corrected chi connectivity index (χ2v) is 5.83. The molecule has 0 atom stereocenters. The highest BCUT2D eigenvalue weighted by Gasteiger charge is 2.09. The van der Waals surface area contributed by atoms with Crippen LogP contribution < -0.4 is 10.6 Å². The number of aromatic nitrogens is 2. The third-order valence-electron chi connectivity index (χ3n) is 3.88. The van der Waals surface area contributed by atoms with E-state index in [2.05, 4.69) is 20.6 Å². The van der Waals surface area contributed by atoms with Gasteiger partial charge in [-0.15, -0.1) is 0 Å². The minimum absolute atomic E-state index is 0.333. The van der Waals surface area contributed by atoms with Crippen molar-refractivity contribution in [3.05, 3.63) is 77.1 Å². The molecule has 0 aliphatic rings. The van der Waals surface area contributed by atoms with E-state index < -0.39 is 0 Å². The number of carbonyl (C=O) groups excluding carboxylic acids is 1. The molecule has 1 aromatic heterocycles. The highest BCUT2D eigenvalue weighted by molar-refractivity contribution is 6.04. The number of carbonyl (C=O) groups is 1. The minimum Gasteiger partial charge on any atom is -0.324 e. The van der Waals surface area contributed by atoms with Gasteiger partial charge in [-0.3, -0.25) is 4.79 Å². The summed E-state index contributed by atoms with van der Waals surface area (Å²) in [4.78, 5) is 20.7. The van der Waals surface area contributed by atoms with Crippen LogP contribution in [0.1, 0.15) is 27.0 Å². The molecule has 0 aliphatic heterocycles. The predicted octanol–water partition coefficient (Wildman–Crippen LogP) is 3.96. The number of para-hydroxylation sites is 1. The smallest absolute Gasteiger partial charge is 0.258 e. The molecule has 128 valence electrons. The molecule has 2 aromatic carbocycles. The van der Waals surface area contributed by atoms with Crippen molar-refractivity contribution >= 4 is 23.2 Å². The standard InChI is InChI=1S/C20H17N5O/c1-13-5-3-6-14(2)18(13)25-20-22-11-16(12-23-20)19(26)24-17-8-4-7-15(9-17)10-21/h3-9,11-12H,1-2H3,(H,24,26)(H,22,23,25). The Bertz CT molecular complexity index is 970. The molecule has 6 nitrogen and oxygen atoms in total. The lowest BCUT2D eigenvalue weighted by molar-refractivity contribution is 0.102. The summed E-state index contributed by atoms with van der Waals surface area (Å²) in [5.74, 6) is 0.0872. The maximum Gasteiger partial charge on any atom is 0.258 e. The molecule has 0 spiro atoms. The lowest BCUT2D eigenvalue weighted by Crippen LogP contribution is -2.13. The SMILES string of the molecule is Cc1cccc(C)c1Nc1ncc(C(=O)Nc2cccc(C#N)c2)cn1. The summed E-state index contributed by atoms with van der Waals surface area (Å²) >= 11 is 0. The van der Waals surface area contributed by atoms with Crippen molar-refractivity contribution in [2.24, 2.45) is 0 Å². The Morgan fingerprint density at radius 3 is 2.35 bits per heavy atom. The van der Waals surface area contributed by atoms with Crippen LogP contribution in [0.4, 0.5) is 17.3 Å². The van der Waals surface area contributed by atoms with Crippen LogP contribution in [0.3, 0.4) is 0 Å². The van der Waals surface area contributed by atoms with Gasteiger partial charge in [-0.05, 0) is 43.2 Å². The molecule has 3 rings (SSSR count). The summed E-state index contributed by atoms with van der Waals surface area (Å²) in [5, 5.41) is 14.8. The first-order valence-electron chi connectivity index (χ1n) is 8.03. The molecule has 2 N–H and O–H groups in total. The van der Waals surface area contributed by atoms with Crippen LogP contribution in [0.15, 0.2) is 54.9 Å². The number of benzene rings is 2. The van der Waals surface area contributed by atoms with Crippen molar-refractivity contribution in [1.82, 2.24) is 9.97 Å². The maximum absolute atomic E-state index is 12.3. The molecule has 0 saturated carbocycles. The van der Waals surface area contributed by atoms with Crippen LogP contribution in [-0.2, 0) is 0 Å². The fourth-order valence-electron chi connectivity index (χ4n) is 2.50. The Morgan fingerprint density at radius 1 is 1.04 bits per heavy atom. The van der Waals surface area contributed by atoms with E-state index in [0.717, 1.165) is 16.8 Å². The van der Waals surface area contributed by atoms with Gasteiger partial charge in [0.2, 0.25) is 5.95 Å². The van der Waals surface area contributed by atoms with Gasteiger partial charge in [0.15, 0.2) is 0 Å². The summed E-state index contributed by atoms with van der Waals surface area (Å²) in [7, 11) is 0. The third kappa shape index (κ3) is 3.84. The van der Waals surface area contributed by atoms with Crippen molar-refractivity contribution in [2.75, 3.05) is 10.6 Å². The topological polar surface area (TPSA) is 90.7 Å². The number of amides is 1. The molecule has 26 heavy (non-hydrogen) atoms. The molecule has 6 heteroatoms. The van der Waals surface area contributed by atoms with Crippen LogP contribution in [-0.4, -0.2) is 15.9 Å². The quantitative estimate of drug-likeness (QED) is 0.748. The fourth-order valence-corrected chi connectivity index (χ4v) is 2.50. The zero-order valence-corrected chi connectivity index (χ0v) is 14.4. The number of aryl methyl sites for hydroxylation is 2. The van der Waals surface area contributed by atoms with Crippen molar-refractivity contribution in [3.8, 4) is 6.07 Å². The van der Waals surface area contributed by atoms with Crippen LogP contribution >= 0.6 is 0 Å². The lowest BCUT2D eigenvalue weighted by Gasteiger charge is -2.11. The summed E-state index contributed by atoms with van der Waals surface area (Å²) in [6.45, 7) is 4.01. The van der Waals surface area contributed by atoms with Gasteiger partial charge in [0, 0.05) is 23.8 Å². The number of hydrogen-bond acceptors (Lipinski definition) is 5. The van der Waals surface area contributed by atoms with E-state index in [4.69, 9.17) is 5.26 Å². The Kier molecular flexibility index (Phi) is 4.90. The van der Waals surface area contributed by atoms with Crippen molar-refractivity contribution in [3.63, 3.8) is 0 Å².